The van der Waals surface area contributed by atoms with Crippen LogP contribution < -0.4 is 4.90 Å². The van der Waals surface area contributed by atoms with E-state index in [9.17, 15) is 19.2 Å². The Kier molecular flexibility index (Phi) is 7.46. The smallest absolute Gasteiger partial charge is 0.310 e. The maximum atomic E-state index is 13.6. The number of amides is 3. The largest absolute Gasteiger partial charge is 0.466 e. The molecule has 2 saturated heterocycles. The van der Waals surface area contributed by atoms with Gasteiger partial charge in [-0.3, -0.25) is 28.8 Å². The fourth-order valence-electron chi connectivity index (χ4n) is 6.18. The second kappa shape index (κ2) is 10.8. The summed E-state index contributed by atoms with van der Waals surface area (Å²) in [6.07, 6.45) is 2.87. The summed E-state index contributed by atoms with van der Waals surface area (Å²) in [5, 5.41) is 4.42. The summed E-state index contributed by atoms with van der Waals surface area (Å²) in [7, 11) is 1.85. The summed E-state index contributed by atoms with van der Waals surface area (Å²) in [6, 6.07) is 5.43. The number of anilines is 1. The molecule has 1 aromatic carbocycles. The number of benzene rings is 1. The quantitative estimate of drug-likeness (QED) is 0.414. The van der Waals surface area contributed by atoms with E-state index >= 15 is 0 Å². The van der Waals surface area contributed by atoms with Crippen molar-refractivity contribution >= 4 is 29.4 Å². The van der Waals surface area contributed by atoms with Crippen molar-refractivity contribution in [2.45, 2.75) is 53.0 Å². The lowest BCUT2D eigenvalue weighted by atomic mass is 9.91. The van der Waals surface area contributed by atoms with Gasteiger partial charge < -0.3 is 14.5 Å². The van der Waals surface area contributed by atoms with Crippen molar-refractivity contribution < 1.29 is 23.9 Å². The van der Waals surface area contributed by atoms with Crippen molar-refractivity contribution in [2.24, 2.45) is 18.9 Å². The van der Waals surface area contributed by atoms with Crippen LogP contribution >= 0.6 is 0 Å². The van der Waals surface area contributed by atoms with Crippen LogP contribution in [-0.2, 0) is 27.9 Å². The Balaban J connectivity index is 1.26. The molecule has 0 saturated carbocycles. The van der Waals surface area contributed by atoms with Crippen LogP contribution in [0.1, 0.15) is 70.3 Å². The topological polar surface area (TPSA) is 105 Å². The molecule has 5 rings (SSSR count). The van der Waals surface area contributed by atoms with Gasteiger partial charge in [-0.1, -0.05) is 6.07 Å². The van der Waals surface area contributed by atoms with Crippen molar-refractivity contribution in [3.8, 4) is 0 Å². The molecule has 3 aliphatic rings. The molecule has 4 heterocycles. The van der Waals surface area contributed by atoms with Gasteiger partial charge in [-0.25, -0.2) is 0 Å². The monoisotopic (exact) mass is 535 g/mol. The highest BCUT2D eigenvalue weighted by atomic mass is 16.5. The molecule has 0 N–H and O–H groups in total. The van der Waals surface area contributed by atoms with Crippen LogP contribution in [0.3, 0.4) is 0 Å². The Hall–Kier alpha value is -3.69. The van der Waals surface area contributed by atoms with Gasteiger partial charge in [0.2, 0.25) is 5.91 Å². The van der Waals surface area contributed by atoms with E-state index in [1.54, 1.807) is 17.7 Å². The van der Waals surface area contributed by atoms with Crippen molar-refractivity contribution in [3.05, 3.63) is 46.3 Å². The van der Waals surface area contributed by atoms with Gasteiger partial charge >= 0.3 is 5.97 Å². The molecule has 0 radical (unpaired) electrons. The number of nitrogens with zero attached hydrogens (tertiary/aromatic N) is 5. The molecule has 1 atom stereocenters. The third-order valence-electron chi connectivity index (χ3n) is 8.49. The summed E-state index contributed by atoms with van der Waals surface area (Å²) < 4.78 is 6.95. The molecule has 0 unspecified atom stereocenters. The molecule has 10 nitrogen and oxygen atoms in total. The van der Waals surface area contributed by atoms with Crippen LogP contribution in [0.4, 0.5) is 5.69 Å². The van der Waals surface area contributed by atoms with Crippen LogP contribution in [0, 0.1) is 25.7 Å². The minimum atomic E-state index is -0.287. The highest BCUT2D eigenvalue weighted by Gasteiger charge is 2.40. The Labute approximate surface area is 228 Å². The zero-order valence-electron chi connectivity index (χ0n) is 23.2. The molecule has 3 amide bonds. The number of fused-ring (bicyclic) bond motifs is 1. The fourth-order valence-corrected chi connectivity index (χ4v) is 6.18. The molecule has 1 aromatic heterocycles. The number of carbonyl (C=O) groups excluding carboxylic acids is 4. The number of imide groups is 1. The van der Waals surface area contributed by atoms with Gasteiger partial charge in [-0.05, 0) is 58.6 Å². The van der Waals surface area contributed by atoms with E-state index in [0.29, 0.717) is 56.8 Å². The Morgan fingerprint density at radius 3 is 2.44 bits per heavy atom. The minimum Gasteiger partial charge on any atom is -0.466 e. The third kappa shape index (κ3) is 4.92. The zero-order chi connectivity index (χ0) is 27.8. The third-order valence-corrected chi connectivity index (χ3v) is 8.49. The molecule has 39 heavy (non-hydrogen) atoms. The van der Waals surface area contributed by atoms with Crippen molar-refractivity contribution in [3.63, 3.8) is 0 Å². The van der Waals surface area contributed by atoms with Crippen molar-refractivity contribution in [1.29, 1.82) is 0 Å². The van der Waals surface area contributed by atoms with E-state index in [-0.39, 0.29) is 42.1 Å². The van der Waals surface area contributed by atoms with E-state index < -0.39 is 0 Å². The van der Waals surface area contributed by atoms with Crippen LogP contribution in [0.5, 0.6) is 0 Å². The molecule has 208 valence electrons. The van der Waals surface area contributed by atoms with Gasteiger partial charge in [0, 0.05) is 50.4 Å². The normalized spacial score (nSPS) is 20.0. The minimum absolute atomic E-state index is 0.0987. The van der Waals surface area contributed by atoms with Crippen LogP contribution in [0.15, 0.2) is 18.2 Å². The van der Waals surface area contributed by atoms with Crippen molar-refractivity contribution in [2.75, 3.05) is 37.7 Å². The molecular weight excluding hydrogens is 498 g/mol. The number of hydrogen-bond donors (Lipinski definition) is 0. The number of ether oxygens (including phenoxy) is 1. The lowest BCUT2D eigenvalue weighted by Gasteiger charge is -2.38. The average Bonchev–Trinajstić information content (AvgIpc) is 3.34. The number of hydrogen-bond acceptors (Lipinski definition) is 7. The van der Waals surface area contributed by atoms with E-state index in [0.717, 1.165) is 35.5 Å². The van der Waals surface area contributed by atoms with Gasteiger partial charge in [0.25, 0.3) is 11.8 Å². The second-order valence-electron chi connectivity index (χ2n) is 10.8. The van der Waals surface area contributed by atoms with E-state index in [1.807, 2.05) is 37.9 Å². The first-order valence-corrected chi connectivity index (χ1v) is 13.9. The number of aromatic nitrogens is 2. The molecular formula is C29H37N5O5. The highest BCUT2D eigenvalue weighted by Crippen LogP contribution is 2.35. The van der Waals surface area contributed by atoms with Gasteiger partial charge in [0.15, 0.2) is 0 Å². The van der Waals surface area contributed by atoms with Gasteiger partial charge in [0.1, 0.15) is 0 Å². The van der Waals surface area contributed by atoms with Crippen LogP contribution in [-0.4, -0.2) is 76.1 Å². The molecule has 10 heteroatoms. The SMILES string of the molecule is CCOC(=O)[C@H]1CCCN(C(=O)C2CCN(c3cccc4c3C(=O)N(Cc3c(C)nn(C)c3C)C4=O)CC2)C1. The summed E-state index contributed by atoms with van der Waals surface area (Å²) in [5.41, 5.74) is 4.24. The first-order chi connectivity index (χ1) is 18.7. The Bertz CT molecular complexity index is 1310. The maximum Gasteiger partial charge on any atom is 0.310 e. The number of esters is 1. The lowest BCUT2D eigenvalue weighted by Crippen LogP contribution is -2.47. The first kappa shape index (κ1) is 26.9. The molecule has 0 spiro atoms. The predicted molar refractivity (Wildman–Crippen MR) is 144 cm³/mol. The Morgan fingerprint density at radius 2 is 1.77 bits per heavy atom. The van der Waals surface area contributed by atoms with Crippen molar-refractivity contribution in [1.82, 2.24) is 19.6 Å². The lowest BCUT2D eigenvalue weighted by molar-refractivity contribution is -0.152. The van der Waals surface area contributed by atoms with Crippen LogP contribution in [0.2, 0.25) is 0 Å². The highest BCUT2D eigenvalue weighted by molar-refractivity contribution is 6.23. The summed E-state index contributed by atoms with van der Waals surface area (Å²) >= 11 is 0. The number of aryl methyl sites for hydroxylation is 2. The molecule has 2 fully saturated rings. The first-order valence-electron chi connectivity index (χ1n) is 13.9. The van der Waals surface area contributed by atoms with E-state index in [2.05, 4.69) is 10.00 Å². The van der Waals surface area contributed by atoms with Gasteiger partial charge in [0.05, 0.1) is 41.6 Å². The molecule has 0 aliphatic carbocycles. The standard InChI is InChI=1S/C29H37N5O5/c1-5-39-29(38)21-8-7-13-33(16-21)26(35)20-11-14-32(15-12-20)24-10-6-9-22-25(24)28(37)34(27(22)36)17-23-18(2)30-31(4)19(23)3/h6,9-10,20-21H,5,7-8,11-17H2,1-4H3/t21-/m0/s1. The fraction of sp³-hybridized carbons (Fsp3) is 0.552. The predicted octanol–water partition coefficient (Wildman–Crippen LogP) is 2.85. The maximum absolute atomic E-state index is 13.6. The average molecular weight is 536 g/mol. The molecule has 2 aromatic rings. The van der Waals surface area contributed by atoms with Gasteiger partial charge in [-0.2, -0.15) is 5.10 Å². The number of likely N-dealkylation sites (tertiary alicyclic amines) is 1. The second-order valence-corrected chi connectivity index (χ2v) is 10.8. The van der Waals surface area contributed by atoms with E-state index in [1.165, 1.54) is 4.90 Å². The number of carbonyl (C=O) groups is 4. The Morgan fingerprint density at radius 1 is 1.03 bits per heavy atom. The number of rotatable bonds is 6. The summed E-state index contributed by atoms with van der Waals surface area (Å²) in [6.45, 7) is 8.48. The van der Waals surface area contributed by atoms with E-state index in [4.69, 9.17) is 4.74 Å². The van der Waals surface area contributed by atoms with Gasteiger partial charge in [-0.15, -0.1) is 0 Å². The molecule has 0 bridgehead atoms. The summed E-state index contributed by atoms with van der Waals surface area (Å²) in [4.78, 5) is 57.7. The molecule has 3 aliphatic heterocycles. The van der Waals surface area contributed by atoms with Crippen LogP contribution in [0.25, 0.3) is 0 Å². The summed E-state index contributed by atoms with van der Waals surface area (Å²) in [5.74, 6) is -1.06. The number of piperidine rings is 2. The zero-order valence-corrected chi connectivity index (χ0v) is 23.2.